The van der Waals surface area contributed by atoms with Crippen molar-refractivity contribution < 1.29 is 43.4 Å². The van der Waals surface area contributed by atoms with Crippen LogP contribution in [0.2, 0.25) is 0 Å². The predicted octanol–water partition coefficient (Wildman–Crippen LogP) is 2.72. The Hall–Kier alpha value is -3.17. The van der Waals surface area contributed by atoms with Gasteiger partial charge in [-0.2, -0.15) is 0 Å². The van der Waals surface area contributed by atoms with Crippen molar-refractivity contribution in [2.24, 2.45) is 11.8 Å². The van der Waals surface area contributed by atoms with Gasteiger partial charge in [-0.3, -0.25) is 4.79 Å². The van der Waals surface area contributed by atoms with E-state index in [0.29, 0.717) is 52.7 Å². The lowest BCUT2D eigenvalue weighted by Crippen LogP contribution is -2.53. The van der Waals surface area contributed by atoms with E-state index in [9.17, 15) is 15.0 Å². The third-order valence-electron chi connectivity index (χ3n) is 7.46. The van der Waals surface area contributed by atoms with Crippen molar-refractivity contribution >= 4 is 5.97 Å². The van der Waals surface area contributed by atoms with Crippen LogP contribution >= 0.6 is 0 Å². The number of carbonyl (C=O) groups excluding carboxylic acids is 1. The Bertz CT molecular complexity index is 1120. The Morgan fingerprint density at radius 2 is 1.69 bits per heavy atom. The molecule has 1 saturated heterocycles. The monoisotopic (exact) mass is 486 g/mol. The zero-order valence-electron chi connectivity index (χ0n) is 20.2. The second-order valence-corrected chi connectivity index (χ2v) is 9.12. The second-order valence-electron chi connectivity index (χ2n) is 9.12. The van der Waals surface area contributed by atoms with Gasteiger partial charge in [-0.25, -0.2) is 0 Å². The molecule has 2 aromatic carbocycles. The number of carbonyl (C=O) groups is 1. The molecule has 0 radical (unpaired) electrons. The molecule has 9 heteroatoms. The maximum absolute atomic E-state index is 13.2. The van der Waals surface area contributed by atoms with E-state index in [1.807, 2.05) is 6.92 Å². The molecule has 0 amide bonds. The minimum absolute atomic E-state index is 0.00438. The molecule has 0 saturated carbocycles. The number of hydrogen-bond acceptors (Lipinski definition) is 9. The average Bonchev–Trinajstić information content (AvgIpc) is 3.49. The third kappa shape index (κ3) is 3.40. The predicted molar refractivity (Wildman–Crippen MR) is 123 cm³/mol. The number of fused-ring (bicyclic) bond motifs is 3. The average molecular weight is 487 g/mol. The van der Waals surface area contributed by atoms with E-state index in [2.05, 4.69) is 0 Å². The van der Waals surface area contributed by atoms with Gasteiger partial charge in [0.05, 0.1) is 40.0 Å². The quantitative estimate of drug-likeness (QED) is 0.571. The van der Waals surface area contributed by atoms with Crippen molar-refractivity contribution in [1.29, 1.82) is 0 Å². The number of methoxy groups -OCH3 is 3. The number of cyclic esters (lactones) is 1. The molecule has 188 valence electrons. The van der Waals surface area contributed by atoms with Gasteiger partial charge in [0.1, 0.15) is 5.60 Å². The van der Waals surface area contributed by atoms with Gasteiger partial charge < -0.3 is 38.6 Å². The van der Waals surface area contributed by atoms with E-state index in [4.69, 9.17) is 28.4 Å². The van der Waals surface area contributed by atoms with Crippen LogP contribution in [-0.2, 0) is 15.1 Å². The molecule has 2 heterocycles. The van der Waals surface area contributed by atoms with Gasteiger partial charge in [-0.1, -0.05) is 13.3 Å². The molecule has 2 aliphatic heterocycles. The Balaban J connectivity index is 1.79. The summed E-state index contributed by atoms with van der Waals surface area (Å²) in [6.45, 7) is 1.98. The van der Waals surface area contributed by atoms with Crippen LogP contribution in [0.3, 0.4) is 0 Å². The second kappa shape index (κ2) is 8.80. The highest BCUT2D eigenvalue weighted by Crippen LogP contribution is 2.58. The van der Waals surface area contributed by atoms with Gasteiger partial charge in [0.15, 0.2) is 23.0 Å². The van der Waals surface area contributed by atoms with Crippen molar-refractivity contribution in [3.8, 4) is 28.7 Å². The van der Waals surface area contributed by atoms with Crippen LogP contribution in [0.4, 0.5) is 0 Å². The Morgan fingerprint density at radius 1 is 1.03 bits per heavy atom. The van der Waals surface area contributed by atoms with Crippen molar-refractivity contribution in [3.63, 3.8) is 0 Å². The first-order valence-corrected chi connectivity index (χ1v) is 11.7. The molecular weight excluding hydrogens is 456 g/mol. The maximum Gasteiger partial charge on any atom is 0.310 e. The third-order valence-corrected chi connectivity index (χ3v) is 7.46. The molecule has 3 aliphatic rings. The van der Waals surface area contributed by atoms with Crippen LogP contribution < -0.4 is 23.7 Å². The van der Waals surface area contributed by atoms with Crippen LogP contribution in [0.15, 0.2) is 24.3 Å². The number of ether oxygens (including phenoxy) is 6. The van der Waals surface area contributed by atoms with Gasteiger partial charge in [0.25, 0.3) is 0 Å². The lowest BCUT2D eigenvalue weighted by molar-refractivity contribution is -0.147. The highest BCUT2D eigenvalue weighted by Gasteiger charge is 2.61. The topological polar surface area (TPSA) is 113 Å². The fourth-order valence-electron chi connectivity index (χ4n) is 5.85. The molecule has 0 aromatic heterocycles. The van der Waals surface area contributed by atoms with E-state index in [1.54, 1.807) is 24.3 Å². The zero-order chi connectivity index (χ0) is 24.9. The first kappa shape index (κ1) is 23.6. The molecule has 1 fully saturated rings. The van der Waals surface area contributed by atoms with E-state index in [0.717, 1.165) is 5.56 Å². The fourth-order valence-corrected chi connectivity index (χ4v) is 5.85. The summed E-state index contributed by atoms with van der Waals surface area (Å²) in [6, 6.07) is 7.11. The van der Waals surface area contributed by atoms with Gasteiger partial charge in [0.2, 0.25) is 12.5 Å². The molecule has 0 unspecified atom stereocenters. The highest BCUT2D eigenvalue weighted by molar-refractivity contribution is 5.79. The smallest absolute Gasteiger partial charge is 0.310 e. The molecule has 35 heavy (non-hydrogen) atoms. The first-order valence-electron chi connectivity index (χ1n) is 11.7. The largest absolute Gasteiger partial charge is 0.493 e. The van der Waals surface area contributed by atoms with Crippen LogP contribution in [-0.4, -0.2) is 57.0 Å². The Labute approximate surface area is 203 Å². The Kier molecular flexibility index (Phi) is 5.93. The van der Waals surface area contributed by atoms with Crippen molar-refractivity contribution in [2.45, 2.75) is 37.4 Å². The maximum atomic E-state index is 13.2. The lowest BCUT2D eigenvalue weighted by atomic mass is 9.58. The normalized spacial score (nSPS) is 27.0. The van der Waals surface area contributed by atoms with Gasteiger partial charge in [-0.15, -0.1) is 0 Å². The van der Waals surface area contributed by atoms with Crippen LogP contribution in [0.1, 0.15) is 42.4 Å². The van der Waals surface area contributed by atoms with Gasteiger partial charge in [-0.05, 0) is 47.4 Å². The number of aliphatic hydroxyl groups is 2. The number of hydrogen-bond donors (Lipinski definition) is 2. The van der Waals surface area contributed by atoms with Gasteiger partial charge >= 0.3 is 5.97 Å². The first-order chi connectivity index (χ1) is 16.9. The van der Waals surface area contributed by atoms with E-state index < -0.39 is 35.4 Å². The van der Waals surface area contributed by atoms with Crippen LogP contribution in [0.5, 0.6) is 28.7 Å². The zero-order valence-corrected chi connectivity index (χ0v) is 20.2. The van der Waals surface area contributed by atoms with Crippen molar-refractivity contribution in [2.75, 3.05) is 34.7 Å². The standard InChI is InChI=1S/C26H30O9/c1-5-6-21(27)26(29)15-10-18-17(34-12-35-18)9-14(15)22(23-16(26)11-33-25(23)28)13-7-19(30-2)24(32-4)20(8-13)31-3/h7-10,16,21-23,27,29H,5-6,11-12H2,1-4H3/t16-,21+,22+,23-,26+/m0/s1. The minimum atomic E-state index is -1.71. The van der Waals surface area contributed by atoms with Crippen molar-refractivity contribution in [1.82, 2.24) is 0 Å². The molecule has 5 atom stereocenters. The summed E-state index contributed by atoms with van der Waals surface area (Å²) in [6.07, 6.45) is -0.0859. The molecule has 9 nitrogen and oxygen atoms in total. The molecule has 0 bridgehead atoms. The minimum Gasteiger partial charge on any atom is -0.493 e. The summed E-state index contributed by atoms with van der Waals surface area (Å²) in [5.41, 5.74) is 0.170. The molecule has 2 aromatic rings. The SMILES string of the molecule is CCC[C@@H](O)[C@@]1(O)c2cc3c(cc2[C@@H](c2cc(OC)c(OC)c(OC)c2)[C@H]2C(=O)OC[C@@H]21)OCO3. The number of rotatable bonds is 7. The van der Waals surface area contributed by atoms with Crippen LogP contribution in [0.25, 0.3) is 0 Å². The Morgan fingerprint density at radius 3 is 2.29 bits per heavy atom. The number of aliphatic hydroxyl groups excluding tert-OH is 1. The molecule has 2 N–H and O–H groups in total. The summed E-state index contributed by atoms with van der Waals surface area (Å²) in [5, 5.41) is 23.3. The fraction of sp³-hybridized carbons (Fsp3) is 0.500. The van der Waals surface area contributed by atoms with Gasteiger partial charge in [0, 0.05) is 11.8 Å². The van der Waals surface area contributed by atoms with E-state index in [1.165, 1.54) is 21.3 Å². The van der Waals surface area contributed by atoms with E-state index in [-0.39, 0.29) is 13.4 Å². The van der Waals surface area contributed by atoms with E-state index >= 15 is 0 Å². The summed E-state index contributed by atoms with van der Waals surface area (Å²) in [5.74, 6) is -0.0625. The molecule has 5 rings (SSSR count). The summed E-state index contributed by atoms with van der Waals surface area (Å²) in [7, 11) is 4.58. The summed E-state index contributed by atoms with van der Waals surface area (Å²) < 4.78 is 33.4. The molecule has 0 spiro atoms. The molecular formula is C26H30O9. The lowest BCUT2D eigenvalue weighted by Gasteiger charge is -2.47. The number of benzene rings is 2. The van der Waals surface area contributed by atoms with Crippen molar-refractivity contribution in [3.05, 3.63) is 41.0 Å². The molecule has 1 aliphatic carbocycles. The summed E-state index contributed by atoms with van der Waals surface area (Å²) in [4.78, 5) is 13.2. The van der Waals surface area contributed by atoms with Crippen LogP contribution in [0, 0.1) is 11.8 Å². The number of esters is 1. The highest BCUT2D eigenvalue weighted by atomic mass is 16.7. The summed E-state index contributed by atoms with van der Waals surface area (Å²) >= 11 is 0.